The summed E-state index contributed by atoms with van der Waals surface area (Å²) in [5.74, 6) is 0.531. The SMILES string of the molecule is CC1CCCN(C(=O)Nc2cc(Cl)c(Cl)cc2Cl)C1. The van der Waals surface area contributed by atoms with Crippen LogP contribution in [0.1, 0.15) is 19.8 Å². The van der Waals surface area contributed by atoms with Crippen molar-refractivity contribution in [3.8, 4) is 0 Å². The lowest BCUT2D eigenvalue weighted by Gasteiger charge is -2.31. The number of anilines is 1. The molecule has 3 nitrogen and oxygen atoms in total. The molecule has 1 fully saturated rings. The number of halogens is 3. The Morgan fingerprint density at radius 1 is 1.26 bits per heavy atom. The van der Waals surface area contributed by atoms with Crippen molar-refractivity contribution in [3.05, 3.63) is 27.2 Å². The molecule has 104 valence electrons. The van der Waals surface area contributed by atoms with Gasteiger partial charge in [-0.15, -0.1) is 0 Å². The van der Waals surface area contributed by atoms with Gasteiger partial charge in [-0.05, 0) is 30.9 Å². The number of urea groups is 1. The summed E-state index contributed by atoms with van der Waals surface area (Å²) < 4.78 is 0. The molecular weight excluding hydrogens is 307 g/mol. The summed E-state index contributed by atoms with van der Waals surface area (Å²) in [6.45, 7) is 3.69. The Bertz CT molecular complexity index is 493. The van der Waals surface area contributed by atoms with Crippen LogP contribution in [0.4, 0.5) is 10.5 Å². The van der Waals surface area contributed by atoms with Crippen molar-refractivity contribution in [2.24, 2.45) is 5.92 Å². The molecule has 1 aromatic rings. The Morgan fingerprint density at radius 2 is 1.95 bits per heavy atom. The molecule has 1 aliphatic rings. The summed E-state index contributed by atoms with van der Waals surface area (Å²) in [7, 11) is 0. The van der Waals surface area contributed by atoms with Crippen LogP contribution in [0.25, 0.3) is 0 Å². The van der Waals surface area contributed by atoms with Crippen LogP contribution < -0.4 is 5.32 Å². The van der Waals surface area contributed by atoms with Gasteiger partial charge in [-0.1, -0.05) is 41.7 Å². The van der Waals surface area contributed by atoms with Gasteiger partial charge in [0.1, 0.15) is 0 Å². The van der Waals surface area contributed by atoms with Crippen molar-refractivity contribution < 1.29 is 4.79 Å². The van der Waals surface area contributed by atoms with Crippen LogP contribution in [-0.2, 0) is 0 Å². The Morgan fingerprint density at radius 3 is 2.63 bits per heavy atom. The second-order valence-electron chi connectivity index (χ2n) is 4.87. The molecule has 6 heteroatoms. The molecule has 2 rings (SSSR count). The summed E-state index contributed by atoms with van der Waals surface area (Å²) in [6.07, 6.45) is 2.20. The standard InChI is InChI=1S/C13H15Cl3N2O/c1-8-3-2-4-18(7-8)13(19)17-12-6-10(15)9(14)5-11(12)16/h5-6,8H,2-4,7H2,1H3,(H,17,19). The Labute approximate surface area is 127 Å². The fourth-order valence-corrected chi connectivity index (χ4v) is 2.78. The molecule has 1 aliphatic heterocycles. The van der Waals surface area contributed by atoms with Crippen LogP contribution in [0.3, 0.4) is 0 Å². The predicted octanol–water partition coefficient (Wildman–Crippen LogP) is 4.91. The van der Waals surface area contributed by atoms with E-state index in [1.165, 1.54) is 6.07 Å². The number of hydrogen-bond donors (Lipinski definition) is 1. The van der Waals surface area contributed by atoms with Crippen LogP contribution >= 0.6 is 34.8 Å². The fraction of sp³-hybridized carbons (Fsp3) is 0.462. The molecule has 0 spiro atoms. The molecule has 1 N–H and O–H groups in total. The number of likely N-dealkylation sites (tertiary alicyclic amines) is 1. The molecular formula is C13H15Cl3N2O. The number of nitrogens with one attached hydrogen (secondary N) is 1. The fourth-order valence-electron chi connectivity index (χ4n) is 2.19. The van der Waals surface area contributed by atoms with E-state index in [0.717, 1.165) is 25.9 Å². The molecule has 19 heavy (non-hydrogen) atoms. The summed E-state index contributed by atoms with van der Waals surface area (Å²) >= 11 is 17.8. The van der Waals surface area contributed by atoms with Gasteiger partial charge in [0.25, 0.3) is 0 Å². The van der Waals surface area contributed by atoms with Gasteiger partial charge in [-0.3, -0.25) is 0 Å². The van der Waals surface area contributed by atoms with Gasteiger partial charge in [-0.25, -0.2) is 4.79 Å². The summed E-state index contributed by atoms with van der Waals surface area (Å²) in [5.41, 5.74) is 0.485. The van der Waals surface area contributed by atoms with E-state index >= 15 is 0 Å². The van der Waals surface area contributed by atoms with Crippen molar-refractivity contribution in [2.45, 2.75) is 19.8 Å². The van der Waals surface area contributed by atoms with Crippen molar-refractivity contribution in [1.82, 2.24) is 4.90 Å². The number of carbonyl (C=O) groups is 1. The minimum absolute atomic E-state index is 0.146. The number of nitrogens with zero attached hydrogens (tertiary/aromatic N) is 1. The highest BCUT2D eigenvalue weighted by Crippen LogP contribution is 2.32. The zero-order valence-electron chi connectivity index (χ0n) is 10.5. The molecule has 1 saturated heterocycles. The molecule has 0 radical (unpaired) electrons. The molecule has 0 aromatic heterocycles. The van der Waals surface area contributed by atoms with Crippen LogP contribution in [-0.4, -0.2) is 24.0 Å². The van der Waals surface area contributed by atoms with Gasteiger partial charge in [0, 0.05) is 13.1 Å². The Kier molecular flexibility index (Phi) is 4.82. The lowest BCUT2D eigenvalue weighted by Crippen LogP contribution is -2.41. The van der Waals surface area contributed by atoms with Crippen LogP contribution in [0.2, 0.25) is 15.1 Å². The third kappa shape index (κ3) is 3.68. The van der Waals surface area contributed by atoms with Crippen molar-refractivity contribution >= 4 is 46.5 Å². The van der Waals surface area contributed by atoms with Crippen molar-refractivity contribution in [3.63, 3.8) is 0 Å². The Hall–Kier alpha value is -0.640. The average Bonchev–Trinajstić information content (AvgIpc) is 2.36. The Balaban J connectivity index is 2.08. The van der Waals surface area contributed by atoms with Gasteiger partial charge in [0.05, 0.1) is 20.8 Å². The predicted molar refractivity (Wildman–Crippen MR) is 80.5 cm³/mol. The zero-order chi connectivity index (χ0) is 14.0. The van der Waals surface area contributed by atoms with Gasteiger partial charge >= 0.3 is 6.03 Å². The van der Waals surface area contributed by atoms with E-state index in [0.29, 0.717) is 26.7 Å². The van der Waals surface area contributed by atoms with E-state index in [4.69, 9.17) is 34.8 Å². The lowest BCUT2D eigenvalue weighted by atomic mass is 10.0. The first-order valence-electron chi connectivity index (χ1n) is 6.18. The van der Waals surface area contributed by atoms with Crippen LogP contribution in [0.5, 0.6) is 0 Å². The van der Waals surface area contributed by atoms with Crippen LogP contribution in [0, 0.1) is 5.92 Å². The molecule has 1 atom stereocenters. The van der Waals surface area contributed by atoms with E-state index in [1.54, 1.807) is 11.0 Å². The number of benzene rings is 1. The monoisotopic (exact) mass is 320 g/mol. The third-order valence-corrected chi connectivity index (χ3v) is 4.23. The minimum Gasteiger partial charge on any atom is -0.324 e. The van der Waals surface area contributed by atoms with E-state index in [1.807, 2.05) is 0 Å². The van der Waals surface area contributed by atoms with E-state index in [9.17, 15) is 4.79 Å². The molecule has 1 unspecified atom stereocenters. The topological polar surface area (TPSA) is 32.3 Å². The van der Waals surface area contributed by atoms with Gasteiger partial charge in [0.2, 0.25) is 0 Å². The normalized spacial score (nSPS) is 19.4. The maximum atomic E-state index is 12.1. The molecule has 1 heterocycles. The highest BCUT2D eigenvalue weighted by Gasteiger charge is 2.21. The zero-order valence-corrected chi connectivity index (χ0v) is 12.8. The second-order valence-corrected chi connectivity index (χ2v) is 6.09. The quantitative estimate of drug-likeness (QED) is 0.732. The first kappa shape index (κ1) is 14.8. The average molecular weight is 322 g/mol. The molecule has 0 bridgehead atoms. The number of rotatable bonds is 1. The molecule has 0 aliphatic carbocycles. The van der Waals surface area contributed by atoms with Crippen molar-refractivity contribution in [2.75, 3.05) is 18.4 Å². The number of amides is 2. The minimum atomic E-state index is -0.146. The maximum absolute atomic E-state index is 12.1. The third-order valence-electron chi connectivity index (χ3n) is 3.20. The van der Waals surface area contributed by atoms with Gasteiger partial charge in [0.15, 0.2) is 0 Å². The lowest BCUT2D eigenvalue weighted by molar-refractivity contribution is 0.182. The first-order valence-corrected chi connectivity index (χ1v) is 7.31. The van der Waals surface area contributed by atoms with Gasteiger partial charge < -0.3 is 10.2 Å². The highest BCUT2D eigenvalue weighted by molar-refractivity contribution is 6.44. The molecule has 2 amide bonds. The first-order chi connectivity index (χ1) is 8.97. The number of hydrogen-bond acceptors (Lipinski definition) is 1. The summed E-state index contributed by atoms with van der Waals surface area (Å²) in [6, 6.07) is 2.95. The van der Waals surface area contributed by atoms with Crippen molar-refractivity contribution in [1.29, 1.82) is 0 Å². The summed E-state index contributed by atoms with van der Waals surface area (Å²) in [4.78, 5) is 13.9. The second kappa shape index (κ2) is 6.21. The van der Waals surface area contributed by atoms with E-state index < -0.39 is 0 Å². The maximum Gasteiger partial charge on any atom is 0.321 e. The van der Waals surface area contributed by atoms with Gasteiger partial charge in [-0.2, -0.15) is 0 Å². The molecule has 0 saturated carbocycles. The van der Waals surface area contributed by atoms with E-state index in [-0.39, 0.29) is 6.03 Å². The summed E-state index contributed by atoms with van der Waals surface area (Å²) in [5, 5.41) is 3.90. The number of piperidine rings is 1. The smallest absolute Gasteiger partial charge is 0.321 e. The van der Waals surface area contributed by atoms with Crippen LogP contribution in [0.15, 0.2) is 12.1 Å². The largest absolute Gasteiger partial charge is 0.324 e. The van der Waals surface area contributed by atoms with E-state index in [2.05, 4.69) is 12.2 Å². The molecule has 1 aromatic carbocycles. The highest BCUT2D eigenvalue weighted by atomic mass is 35.5. The number of carbonyl (C=O) groups excluding carboxylic acids is 1.